The molecule has 0 amide bonds. The van der Waals surface area contributed by atoms with Gasteiger partial charge in [-0.3, -0.25) is 0 Å². The number of benzene rings is 2. The quantitative estimate of drug-likeness (QED) is 0.623. The van der Waals surface area contributed by atoms with Gasteiger partial charge < -0.3 is 14.2 Å². The summed E-state index contributed by atoms with van der Waals surface area (Å²) in [5.74, 6) is 1.17. The molecule has 3 rings (SSSR count). The van der Waals surface area contributed by atoms with Crippen molar-refractivity contribution in [2.24, 2.45) is 4.99 Å². The maximum absolute atomic E-state index is 11.8. The van der Waals surface area contributed by atoms with Crippen LogP contribution in [0.5, 0.6) is 11.5 Å². The highest BCUT2D eigenvalue weighted by atomic mass is 16.6. The molecule has 0 unspecified atom stereocenters. The summed E-state index contributed by atoms with van der Waals surface area (Å²) in [6, 6.07) is 15.3. The summed E-state index contributed by atoms with van der Waals surface area (Å²) in [4.78, 5) is 15.8. The normalized spacial score (nSPS) is 15.2. The molecule has 0 saturated carbocycles. The van der Waals surface area contributed by atoms with Gasteiger partial charge in [0, 0.05) is 12.5 Å². The first-order valence-corrected chi connectivity index (χ1v) is 7.49. The Labute approximate surface area is 140 Å². The molecule has 5 heteroatoms. The van der Waals surface area contributed by atoms with Gasteiger partial charge in [-0.1, -0.05) is 30.3 Å². The SMILES string of the molecule is COc1ccc(OCc2ccccc2)c(/C=C2/N=C(C)OC2=O)c1. The van der Waals surface area contributed by atoms with Crippen molar-refractivity contribution >= 4 is 17.9 Å². The number of carbonyl (C=O) groups is 1. The lowest BCUT2D eigenvalue weighted by Gasteiger charge is -2.11. The minimum atomic E-state index is -0.468. The van der Waals surface area contributed by atoms with E-state index in [9.17, 15) is 4.79 Å². The van der Waals surface area contributed by atoms with Gasteiger partial charge in [0.2, 0.25) is 0 Å². The molecular weight excluding hydrogens is 306 g/mol. The summed E-state index contributed by atoms with van der Waals surface area (Å²) in [6.07, 6.45) is 1.64. The predicted molar refractivity (Wildman–Crippen MR) is 90.9 cm³/mol. The van der Waals surface area contributed by atoms with Crippen molar-refractivity contribution in [3.63, 3.8) is 0 Å². The number of carbonyl (C=O) groups excluding carboxylic acids is 1. The second kappa shape index (κ2) is 7.00. The maximum atomic E-state index is 11.8. The molecule has 0 bridgehead atoms. The van der Waals surface area contributed by atoms with E-state index in [1.165, 1.54) is 0 Å². The van der Waals surface area contributed by atoms with Gasteiger partial charge in [0.25, 0.3) is 0 Å². The molecule has 0 radical (unpaired) electrons. The van der Waals surface area contributed by atoms with Gasteiger partial charge in [0.15, 0.2) is 11.6 Å². The van der Waals surface area contributed by atoms with Crippen molar-refractivity contribution in [2.45, 2.75) is 13.5 Å². The van der Waals surface area contributed by atoms with Crippen LogP contribution in [0.4, 0.5) is 0 Å². The third-order valence-corrected chi connectivity index (χ3v) is 3.47. The summed E-state index contributed by atoms with van der Waals surface area (Å²) in [7, 11) is 1.59. The Bertz CT molecular complexity index is 809. The Morgan fingerprint density at radius 2 is 1.96 bits per heavy atom. The number of hydrogen-bond donors (Lipinski definition) is 0. The number of ether oxygens (including phenoxy) is 3. The van der Waals surface area contributed by atoms with Gasteiger partial charge in [-0.25, -0.2) is 9.79 Å². The highest BCUT2D eigenvalue weighted by Gasteiger charge is 2.20. The number of esters is 1. The number of methoxy groups -OCH3 is 1. The molecule has 24 heavy (non-hydrogen) atoms. The van der Waals surface area contributed by atoms with E-state index in [2.05, 4.69) is 4.99 Å². The van der Waals surface area contributed by atoms with E-state index in [1.807, 2.05) is 42.5 Å². The molecule has 1 aliphatic rings. The molecule has 0 aliphatic carbocycles. The largest absolute Gasteiger partial charge is 0.497 e. The maximum Gasteiger partial charge on any atom is 0.363 e. The van der Waals surface area contributed by atoms with Crippen LogP contribution in [0, 0.1) is 0 Å². The first-order valence-electron chi connectivity index (χ1n) is 7.49. The van der Waals surface area contributed by atoms with Gasteiger partial charge in [-0.15, -0.1) is 0 Å². The lowest BCUT2D eigenvalue weighted by atomic mass is 10.1. The fourth-order valence-electron chi connectivity index (χ4n) is 2.30. The van der Waals surface area contributed by atoms with Crippen molar-refractivity contribution in [1.82, 2.24) is 0 Å². The standard InChI is InChI=1S/C19H17NO4/c1-13-20-17(19(21)24-13)11-15-10-16(22-2)8-9-18(15)23-12-14-6-4-3-5-7-14/h3-11H,12H2,1-2H3/b17-11+. The molecule has 0 fully saturated rings. The summed E-state index contributed by atoms with van der Waals surface area (Å²) in [6.45, 7) is 2.06. The molecular formula is C19H17NO4. The first kappa shape index (κ1) is 15.8. The Balaban J connectivity index is 1.89. The molecule has 0 atom stereocenters. The Hall–Kier alpha value is -3.08. The molecule has 0 aromatic heterocycles. The minimum absolute atomic E-state index is 0.241. The molecule has 0 saturated heterocycles. The molecule has 5 nitrogen and oxygen atoms in total. The van der Waals surface area contributed by atoms with E-state index >= 15 is 0 Å². The van der Waals surface area contributed by atoms with Crippen LogP contribution in [0.1, 0.15) is 18.1 Å². The van der Waals surface area contributed by atoms with E-state index in [1.54, 1.807) is 26.2 Å². The second-order valence-electron chi connectivity index (χ2n) is 5.23. The number of hydrogen-bond acceptors (Lipinski definition) is 5. The smallest absolute Gasteiger partial charge is 0.363 e. The van der Waals surface area contributed by atoms with E-state index in [-0.39, 0.29) is 5.70 Å². The van der Waals surface area contributed by atoms with Crippen LogP contribution in [0.15, 0.2) is 59.2 Å². The van der Waals surface area contributed by atoms with E-state index < -0.39 is 5.97 Å². The molecule has 0 spiro atoms. The lowest BCUT2D eigenvalue weighted by molar-refractivity contribution is -0.130. The topological polar surface area (TPSA) is 57.1 Å². The molecule has 2 aromatic rings. The third kappa shape index (κ3) is 3.63. The predicted octanol–water partition coefficient (Wildman–Crippen LogP) is 3.59. The van der Waals surface area contributed by atoms with Crippen LogP contribution in [-0.2, 0) is 16.1 Å². The van der Waals surface area contributed by atoms with E-state index in [0.29, 0.717) is 29.6 Å². The van der Waals surface area contributed by atoms with E-state index in [4.69, 9.17) is 14.2 Å². The molecule has 1 heterocycles. The van der Waals surface area contributed by atoms with Crippen LogP contribution in [0.3, 0.4) is 0 Å². The number of aliphatic imine (C=N–C) groups is 1. The molecule has 2 aromatic carbocycles. The lowest BCUT2D eigenvalue weighted by Crippen LogP contribution is -2.01. The zero-order valence-corrected chi connectivity index (χ0v) is 13.5. The summed E-state index contributed by atoms with van der Waals surface area (Å²) < 4.78 is 16.1. The van der Waals surface area contributed by atoms with Gasteiger partial charge in [-0.05, 0) is 29.8 Å². The molecule has 0 N–H and O–H groups in total. The molecule has 122 valence electrons. The van der Waals surface area contributed by atoms with E-state index in [0.717, 1.165) is 5.56 Å². The number of cyclic esters (lactones) is 1. The van der Waals surface area contributed by atoms with Gasteiger partial charge in [0.05, 0.1) is 7.11 Å². The Morgan fingerprint density at radius 1 is 1.17 bits per heavy atom. The summed E-state index contributed by atoms with van der Waals surface area (Å²) in [5, 5.41) is 0. The molecule has 1 aliphatic heterocycles. The first-order chi connectivity index (χ1) is 11.7. The minimum Gasteiger partial charge on any atom is -0.497 e. The zero-order valence-electron chi connectivity index (χ0n) is 13.5. The van der Waals surface area contributed by atoms with Crippen molar-refractivity contribution in [3.05, 3.63) is 65.4 Å². The van der Waals surface area contributed by atoms with Crippen LogP contribution >= 0.6 is 0 Å². The fraction of sp³-hybridized carbons (Fsp3) is 0.158. The van der Waals surface area contributed by atoms with Crippen LogP contribution in [-0.4, -0.2) is 19.0 Å². The van der Waals surface area contributed by atoms with Gasteiger partial charge in [-0.2, -0.15) is 0 Å². The number of nitrogens with zero attached hydrogens (tertiary/aromatic N) is 1. The van der Waals surface area contributed by atoms with Crippen LogP contribution in [0.2, 0.25) is 0 Å². The Kier molecular flexibility index (Phi) is 4.61. The van der Waals surface area contributed by atoms with Crippen molar-refractivity contribution < 1.29 is 19.0 Å². The van der Waals surface area contributed by atoms with Gasteiger partial charge in [0.1, 0.15) is 18.1 Å². The average molecular weight is 323 g/mol. The number of rotatable bonds is 5. The average Bonchev–Trinajstić information content (AvgIpc) is 2.92. The Morgan fingerprint density at radius 3 is 2.62 bits per heavy atom. The summed E-state index contributed by atoms with van der Waals surface area (Å²) in [5.41, 5.74) is 2.00. The highest BCUT2D eigenvalue weighted by Crippen LogP contribution is 2.28. The van der Waals surface area contributed by atoms with Crippen molar-refractivity contribution in [2.75, 3.05) is 7.11 Å². The van der Waals surface area contributed by atoms with Gasteiger partial charge >= 0.3 is 5.97 Å². The van der Waals surface area contributed by atoms with Crippen LogP contribution < -0.4 is 9.47 Å². The zero-order chi connectivity index (χ0) is 16.9. The monoisotopic (exact) mass is 323 g/mol. The third-order valence-electron chi connectivity index (χ3n) is 3.47. The van der Waals surface area contributed by atoms with Crippen LogP contribution in [0.25, 0.3) is 6.08 Å². The fourth-order valence-corrected chi connectivity index (χ4v) is 2.30. The second-order valence-corrected chi connectivity index (χ2v) is 5.23. The summed E-state index contributed by atoms with van der Waals surface area (Å²) >= 11 is 0. The van der Waals surface area contributed by atoms with Crippen molar-refractivity contribution in [3.8, 4) is 11.5 Å². The van der Waals surface area contributed by atoms with Crippen molar-refractivity contribution in [1.29, 1.82) is 0 Å². The highest BCUT2D eigenvalue weighted by molar-refractivity contribution is 6.06.